The molecular weight excluding hydrogens is 360 g/mol. The fraction of sp³-hybridized carbons (Fsp3) is 0.267. The van der Waals surface area contributed by atoms with Crippen LogP contribution in [0.15, 0.2) is 36.0 Å². The molecule has 1 atom stereocenters. The van der Waals surface area contributed by atoms with E-state index in [1.807, 2.05) is 6.26 Å². The predicted molar refractivity (Wildman–Crippen MR) is 84.1 cm³/mol. The smallest absolute Gasteiger partial charge is 0.425 e. The third-order valence-electron chi connectivity index (χ3n) is 3.41. The summed E-state index contributed by atoms with van der Waals surface area (Å²) in [5.74, 6) is -1.70. The number of aromatic nitrogens is 4. The van der Waals surface area contributed by atoms with Gasteiger partial charge in [-0.2, -0.15) is 13.2 Å². The number of hydrogen-bond donors (Lipinski definition) is 0. The number of halogens is 4. The molecule has 25 heavy (non-hydrogen) atoms. The molecule has 3 aromatic heterocycles. The van der Waals surface area contributed by atoms with Crippen molar-refractivity contribution in [3.8, 4) is 17.1 Å². The summed E-state index contributed by atoms with van der Waals surface area (Å²) in [6, 6.07) is 2.73. The minimum atomic E-state index is -4.60. The molecule has 0 saturated heterocycles. The first kappa shape index (κ1) is 17.5. The molecule has 0 saturated carbocycles. The molecule has 0 aliphatic carbocycles. The van der Waals surface area contributed by atoms with E-state index < -0.39 is 24.0 Å². The molecule has 3 rings (SSSR count). The predicted octanol–water partition coefficient (Wildman–Crippen LogP) is 3.98. The molecule has 3 heterocycles. The van der Waals surface area contributed by atoms with Crippen LogP contribution < -0.4 is 4.74 Å². The van der Waals surface area contributed by atoms with Gasteiger partial charge in [-0.25, -0.2) is 19.3 Å². The SMILES string of the molecule is CSc1nc(-c2cnc(O[C@H](C)C(F)(F)F)c(F)c2)cc2cncn12. The van der Waals surface area contributed by atoms with Crippen molar-refractivity contribution in [2.75, 3.05) is 6.26 Å². The molecule has 0 aliphatic rings. The van der Waals surface area contributed by atoms with E-state index >= 15 is 0 Å². The van der Waals surface area contributed by atoms with Crippen LogP contribution in [0, 0.1) is 5.82 Å². The van der Waals surface area contributed by atoms with Crippen molar-refractivity contribution >= 4 is 17.3 Å². The summed E-state index contributed by atoms with van der Waals surface area (Å²) < 4.78 is 58.0. The van der Waals surface area contributed by atoms with Crippen LogP contribution in [0.1, 0.15) is 6.92 Å². The number of imidazole rings is 1. The van der Waals surface area contributed by atoms with Gasteiger partial charge in [0.05, 0.1) is 17.4 Å². The van der Waals surface area contributed by atoms with Crippen LogP contribution in [-0.2, 0) is 0 Å². The third kappa shape index (κ3) is 3.53. The van der Waals surface area contributed by atoms with Crippen molar-refractivity contribution in [1.82, 2.24) is 19.4 Å². The number of rotatable bonds is 4. The second-order valence-electron chi connectivity index (χ2n) is 5.13. The molecule has 0 bridgehead atoms. The second kappa shape index (κ2) is 6.51. The van der Waals surface area contributed by atoms with E-state index in [1.165, 1.54) is 18.0 Å². The minimum Gasteiger partial charge on any atom is -0.463 e. The largest absolute Gasteiger partial charge is 0.463 e. The second-order valence-corrected chi connectivity index (χ2v) is 5.90. The Hall–Kier alpha value is -2.36. The Kier molecular flexibility index (Phi) is 4.55. The van der Waals surface area contributed by atoms with Gasteiger partial charge < -0.3 is 4.74 Å². The van der Waals surface area contributed by atoms with E-state index in [0.717, 1.165) is 18.5 Å². The average molecular weight is 372 g/mol. The summed E-state index contributed by atoms with van der Waals surface area (Å²) in [6.45, 7) is 0.787. The quantitative estimate of drug-likeness (QED) is 0.394. The molecule has 5 nitrogen and oxygen atoms in total. The van der Waals surface area contributed by atoms with E-state index in [4.69, 9.17) is 0 Å². The zero-order chi connectivity index (χ0) is 18.2. The number of hydrogen-bond acceptors (Lipinski definition) is 5. The fourth-order valence-corrected chi connectivity index (χ4v) is 2.62. The van der Waals surface area contributed by atoms with E-state index in [-0.39, 0.29) is 0 Å². The number of nitrogens with zero attached hydrogens (tertiary/aromatic N) is 4. The number of thioether (sulfide) groups is 1. The van der Waals surface area contributed by atoms with Crippen LogP contribution >= 0.6 is 11.8 Å². The monoisotopic (exact) mass is 372 g/mol. The number of pyridine rings is 1. The van der Waals surface area contributed by atoms with Crippen LogP contribution in [0.25, 0.3) is 16.8 Å². The molecule has 0 unspecified atom stereocenters. The Balaban J connectivity index is 1.95. The van der Waals surface area contributed by atoms with E-state index in [1.54, 1.807) is 23.0 Å². The molecule has 0 amide bonds. The highest BCUT2D eigenvalue weighted by molar-refractivity contribution is 7.98. The Morgan fingerprint density at radius 2 is 2.00 bits per heavy atom. The Labute approximate surface area is 144 Å². The number of fused-ring (bicyclic) bond motifs is 1. The maximum Gasteiger partial charge on any atom is 0.425 e. The van der Waals surface area contributed by atoms with Gasteiger partial charge in [-0.15, -0.1) is 0 Å². The van der Waals surface area contributed by atoms with Gasteiger partial charge in [-0.3, -0.25) is 4.40 Å². The van der Waals surface area contributed by atoms with Gasteiger partial charge in [0.15, 0.2) is 17.1 Å². The number of alkyl halides is 3. The van der Waals surface area contributed by atoms with Crippen molar-refractivity contribution in [2.45, 2.75) is 24.4 Å². The summed E-state index contributed by atoms with van der Waals surface area (Å²) in [7, 11) is 0. The van der Waals surface area contributed by atoms with Crippen molar-refractivity contribution < 1.29 is 22.3 Å². The van der Waals surface area contributed by atoms with Crippen molar-refractivity contribution in [2.24, 2.45) is 0 Å². The molecule has 10 heteroatoms. The maximum absolute atomic E-state index is 14.1. The summed E-state index contributed by atoms with van der Waals surface area (Å²) in [5.41, 5.74) is 1.50. The van der Waals surface area contributed by atoms with Crippen LogP contribution in [0.5, 0.6) is 5.88 Å². The molecule has 3 aromatic rings. The Bertz CT molecular complexity index is 912. The molecule has 132 valence electrons. The summed E-state index contributed by atoms with van der Waals surface area (Å²) in [5, 5.41) is 0.636. The first-order chi connectivity index (χ1) is 11.8. The summed E-state index contributed by atoms with van der Waals surface area (Å²) >= 11 is 1.38. The molecule has 0 radical (unpaired) electrons. The molecule has 0 aromatic carbocycles. The average Bonchev–Trinajstić information content (AvgIpc) is 3.03. The lowest BCUT2D eigenvalue weighted by molar-refractivity contribution is -0.190. The van der Waals surface area contributed by atoms with Crippen LogP contribution in [0.3, 0.4) is 0 Å². The van der Waals surface area contributed by atoms with Crippen LogP contribution in [-0.4, -0.2) is 37.9 Å². The summed E-state index contributed by atoms with van der Waals surface area (Å²) in [4.78, 5) is 12.1. The van der Waals surface area contributed by atoms with Gasteiger partial charge in [-0.05, 0) is 25.3 Å². The van der Waals surface area contributed by atoms with Crippen molar-refractivity contribution in [3.05, 3.63) is 36.7 Å². The maximum atomic E-state index is 14.1. The van der Waals surface area contributed by atoms with Crippen LogP contribution in [0.2, 0.25) is 0 Å². The topological polar surface area (TPSA) is 52.3 Å². The van der Waals surface area contributed by atoms with Crippen LogP contribution in [0.4, 0.5) is 17.6 Å². The highest BCUT2D eigenvalue weighted by atomic mass is 32.2. The summed E-state index contributed by atoms with van der Waals surface area (Å²) in [6.07, 6.45) is -0.483. The Morgan fingerprint density at radius 1 is 1.24 bits per heavy atom. The van der Waals surface area contributed by atoms with Gasteiger partial charge in [0.25, 0.3) is 5.88 Å². The first-order valence-electron chi connectivity index (χ1n) is 7.06. The van der Waals surface area contributed by atoms with Gasteiger partial charge >= 0.3 is 6.18 Å². The zero-order valence-corrected chi connectivity index (χ0v) is 13.9. The normalized spacial score (nSPS) is 13.2. The third-order valence-corrected chi connectivity index (χ3v) is 4.06. The van der Waals surface area contributed by atoms with E-state index in [9.17, 15) is 17.6 Å². The van der Waals surface area contributed by atoms with Crippen molar-refractivity contribution in [3.63, 3.8) is 0 Å². The lowest BCUT2D eigenvalue weighted by Crippen LogP contribution is -2.31. The van der Waals surface area contributed by atoms with E-state index in [2.05, 4.69) is 19.7 Å². The van der Waals surface area contributed by atoms with Crippen molar-refractivity contribution in [1.29, 1.82) is 0 Å². The van der Waals surface area contributed by atoms with Gasteiger partial charge in [-0.1, -0.05) is 11.8 Å². The lowest BCUT2D eigenvalue weighted by atomic mass is 10.2. The molecular formula is C15H12F4N4OS. The van der Waals surface area contributed by atoms with Gasteiger partial charge in [0.1, 0.15) is 6.33 Å². The number of ether oxygens (including phenoxy) is 1. The highest BCUT2D eigenvalue weighted by Crippen LogP contribution is 2.28. The molecule has 0 aliphatic heterocycles. The first-order valence-corrected chi connectivity index (χ1v) is 8.28. The molecule has 0 fully saturated rings. The fourth-order valence-electron chi connectivity index (χ4n) is 2.08. The zero-order valence-electron chi connectivity index (χ0n) is 13.1. The minimum absolute atomic E-state index is 0.323. The van der Waals surface area contributed by atoms with Gasteiger partial charge in [0, 0.05) is 11.8 Å². The molecule has 0 spiro atoms. The highest BCUT2D eigenvalue weighted by Gasteiger charge is 2.38. The lowest BCUT2D eigenvalue weighted by Gasteiger charge is -2.17. The molecule has 0 N–H and O–H groups in total. The van der Waals surface area contributed by atoms with Gasteiger partial charge in [0.2, 0.25) is 0 Å². The van der Waals surface area contributed by atoms with E-state index in [0.29, 0.717) is 16.4 Å². The standard InChI is InChI=1S/C15H12F4N4OS/c1-8(15(17,18)19)24-13-11(16)3-9(5-21-13)12-4-10-6-20-7-23(10)14(22-12)25-2/h3-8H,1-2H3/t8-/m1/s1. The Morgan fingerprint density at radius 3 is 2.64 bits per heavy atom.